The number of carbonyl (C=O) groups is 1. The van der Waals surface area contributed by atoms with Gasteiger partial charge in [-0.05, 0) is 48.9 Å². The first-order valence-corrected chi connectivity index (χ1v) is 8.07. The molecule has 3 aromatic rings. The van der Waals surface area contributed by atoms with E-state index in [1.54, 1.807) is 23.0 Å². The summed E-state index contributed by atoms with van der Waals surface area (Å²) in [4.78, 5) is 11.3. The molecular weight excluding hydrogens is 340 g/mol. The fraction of sp³-hybridized carbons (Fsp3) is 0.167. The molecule has 3 rings (SSSR count). The van der Waals surface area contributed by atoms with Crippen LogP contribution in [0.3, 0.4) is 0 Å². The average Bonchev–Trinajstić information content (AvgIpc) is 3.04. The van der Waals surface area contributed by atoms with Gasteiger partial charge in [-0.25, -0.2) is 4.68 Å². The molecule has 0 aliphatic rings. The van der Waals surface area contributed by atoms with E-state index in [-0.39, 0.29) is 12.5 Å². The van der Waals surface area contributed by atoms with Gasteiger partial charge in [0.15, 0.2) is 0 Å². The van der Waals surface area contributed by atoms with Gasteiger partial charge >= 0.3 is 0 Å². The number of aryl methyl sites for hydroxylation is 1. The number of anilines is 1. The van der Waals surface area contributed by atoms with Gasteiger partial charge in [0.1, 0.15) is 18.1 Å². The Labute approximate surface area is 150 Å². The molecular formula is C18H17ClN4O2. The van der Waals surface area contributed by atoms with Crippen LogP contribution in [0.5, 0.6) is 5.75 Å². The third-order valence-electron chi connectivity index (χ3n) is 3.46. The molecule has 0 saturated heterocycles. The van der Waals surface area contributed by atoms with Crippen molar-refractivity contribution in [2.24, 2.45) is 0 Å². The number of nitrogens with one attached hydrogen (secondary N) is 1. The van der Waals surface area contributed by atoms with E-state index in [4.69, 9.17) is 16.3 Å². The van der Waals surface area contributed by atoms with Crippen LogP contribution in [0.15, 0.2) is 48.7 Å². The Morgan fingerprint density at radius 1 is 1.24 bits per heavy atom. The molecule has 0 unspecified atom stereocenters. The maximum atomic E-state index is 11.3. The second-order valence-electron chi connectivity index (χ2n) is 5.60. The number of hydrogen-bond acceptors (Lipinski definition) is 4. The Morgan fingerprint density at radius 3 is 2.72 bits per heavy atom. The Kier molecular flexibility index (Phi) is 5.00. The van der Waals surface area contributed by atoms with Gasteiger partial charge < -0.3 is 10.1 Å². The van der Waals surface area contributed by atoms with E-state index in [1.807, 2.05) is 37.3 Å². The summed E-state index contributed by atoms with van der Waals surface area (Å²) in [5.74, 6) is 0.443. The molecule has 2 aromatic carbocycles. The van der Waals surface area contributed by atoms with Gasteiger partial charge in [-0.3, -0.25) is 4.79 Å². The Bertz CT molecular complexity index is 890. The van der Waals surface area contributed by atoms with Gasteiger partial charge in [-0.1, -0.05) is 22.9 Å². The van der Waals surface area contributed by atoms with Crippen molar-refractivity contribution < 1.29 is 9.53 Å². The zero-order valence-electron chi connectivity index (χ0n) is 13.9. The number of carbonyl (C=O) groups excluding carboxylic acids is 1. The van der Waals surface area contributed by atoms with Crippen molar-refractivity contribution in [3.63, 3.8) is 0 Å². The van der Waals surface area contributed by atoms with Gasteiger partial charge in [0, 0.05) is 11.9 Å². The van der Waals surface area contributed by atoms with E-state index >= 15 is 0 Å². The highest BCUT2D eigenvalue weighted by molar-refractivity contribution is 6.30. The molecule has 1 heterocycles. The van der Waals surface area contributed by atoms with Crippen LogP contribution in [-0.2, 0) is 11.4 Å². The van der Waals surface area contributed by atoms with Crippen molar-refractivity contribution in [2.75, 3.05) is 5.32 Å². The van der Waals surface area contributed by atoms with Crippen molar-refractivity contribution in [3.8, 4) is 11.4 Å². The van der Waals surface area contributed by atoms with Crippen molar-refractivity contribution in [3.05, 3.63) is 64.9 Å². The normalized spacial score (nSPS) is 10.5. The largest absolute Gasteiger partial charge is 0.485 e. The van der Waals surface area contributed by atoms with Crippen LogP contribution < -0.4 is 10.1 Å². The fourth-order valence-corrected chi connectivity index (χ4v) is 2.40. The molecule has 7 heteroatoms. The summed E-state index contributed by atoms with van der Waals surface area (Å²) < 4.78 is 7.47. The molecule has 1 amide bonds. The van der Waals surface area contributed by atoms with Gasteiger partial charge in [0.05, 0.1) is 17.6 Å². The van der Waals surface area contributed by atoms with Gasteiger partial charge in [-0.15, -0.1) is 5.10 Å². The number of ether oxygens (including phenoxy) is 1. The molecule has 0 bridgehead atoms. The van der Waals surface area contributed by atoms with E-state index < -0.39 is 0 Å². The lowest BCUT2D eigenvalue weighted by molar-refractivity contribution is -0.114. The van der Waals surface area contributed by atoms with Crippen LogP contribution in [0.2, 0.25) is 5.02 Å². The molecule has 0 saturated carbocycles. The average molecular weight is 357 g/mol. The monoisotopic (exact) mass is 356 g/mol. The first kappa shape index (κ1) is 17.0. The van der Waals surface area contributed by atoms with E-state index in [0.717, 1.165) is 11.3 Å². The predicted molar refractivity (Wildman–Crippen MR) is 96.2 cm³/mol. The second kappa shape index (κ2) is 7.36. The summed E-state index contributed by atoms with van der Waals surface area (Å²) in [7, 11) is 0. The van der Waals surface area contributed by atoms with Crippen LogP contribution in [0.25, 0.3) is 5.69 Å². The molecule has 6 nitrogen and oxygen atoms in total. The topological polar surface area (TPSA) is 69.0 Å². The van der Waals surface area contributed by atoms with Crippen molar-refractivity contribution >= 4 is 23.2 Å². The maximum absolute atomic E-state index is 11.3. The highest BCUT2D eigenvalue weighted by atomic mass is 35.5. The highest BCUT2D eigenvalue weighted by Gasteiger charge is 2.08. The number of hydrogen-bond donors (Lipinski definition) is 1. The molecule has 0 aliphatic heterocycles. The summed E-state index contributed by atoms with van der Waals surface area (Å²) in [6, 6.07) is 12.9. The van der Waals surface area contributed by atoms with Crippen LogP contribution >= 0.6 is 11.6 Å². The fourth-order valence-electron chi connectivity index (χ4n) is 2.28. The number of halogens is 1. The van der Waals surface area contributed by atoms with Gasteiger partial charge in [-0.2, -0.15) is 0 Å². The summed E-state index contributed by atoms with van der Waals surface area (Å²) in [6.45, 7) is 3.66. The smallest absolute Gasteiger partial charge is 0.221 e. The predicted octanol–water partition coefficient (Wildman–Crippen LogP) is 3.77. The number of nitrogens with zero attached hydrogens (tertiary/aromatic N) is 3. The lowest BCUT2D eigenvalue weighted by Crippen LogP contribution is -2.08. The highest BCUT2D eigenvalue weighted by Crippen LogP contribution is 2.26. The van der Waals surface area contributed by atoms with Crippen molar-refractivity contribution in [1.82, 2.24) is 15.0 Å². The van der Waals surface area contributed by atoms with E-state index in [1.165, 1.54) is 6.92 Å². The van der Waals surface area contributed by atoms with Crippen LogP contribution in [0, 0.1) is 6.92 Å². The number of rotatable bonds is 5. The van der Waals surface area contributed by atoms with Gasteiger partial charge in [0.2, 0.25) is 5.91 Å². The molecule has 0 spiro atoms. The molecule has 0 atom stereocenters. The van der Waals surface area contributed by atoms with Crippen molar-refractivity contribution in [1.29, 1.82) is 0 Å². The summed E-state index contributed by atoms with van der Waals surface area (Å²) >= 11 is 5.89. The molecule has 0 aliphatic carbocycles. The lowest BCUT2D eigenvalue weighted by Gasteiger charge is -2.11. The van der Waals surface area contributed by atoms with E-state index in [2.05, 4.69) is 15.6 Å². The standard InChI is InChI=1S/C18H17ClN4O2/c1-12-3-8-17(20-13(2)24)18(9-12)25-11-15-10-23(22-21-15)16-6-4-14(19)5-7-16/h3-10H,11H2,1-2H3,(H,20,24). The quantitative estimate of drug-likeness (QED) is 0.755. The minimum Gasteiger partial charge on any atom is -0.485 e. The SMILES string of the molecule is CC(=O)Nc1ccc(C)cc1OCc1cn(-c2ccc(Cl)cc2)nn1. The van der Waals surface area contributed by atoms with Crippen molar-refractivity contribution in [2.45, 2.75) is 20.5 Å². The number of benzene rings is 2. The molecule has 1 N–H and O–H groups in total. The van der Waals surface area contributed by atoms with Crippen LogP contribution in [-0.4, -0.2) is 20.9 Å². The minimum absolute atomic E-state index is 0.151. The third-order valence-corrected chi connectivity index (χ3v) is 3.71. The molecule has 0 radical (unpaired) electrons. The summed E-state index contributed by atoms with van der Waals surface area (Å²) in [6.07, 6.45) is 1.79. The molecule has 128 valence electrons. The molecule has 0 fully saturated rings. The zero-order chi connectivity index (χ0) is 17.8. The first-order valence-electron chi connectivity index (χ1n) is 7.69. The lowest BCUT2D eigenvalue weighted by atomic mass is 10.2. The molecule has 25 heavy (non-hydrogen) atoms. The number of amides is 1. The third kappa shape index (κ3) is 4.36. The van der Waals surface area contributed by atoms with E-state index in [9.17, 15) is 4.79 Å². The first-order chi connectivity index (χ1) is 12.0. The summed E-state index contributed by atoms with van der Waals surface area (Å²) in [5, 5.41) is 11.6. The van der Waals surface area contributed by atoms with Gasteiger partial charge in [0.25, 0.3) is 0 Å². The zero-order valence-corrected chi connectivity index (χ0v) is 14.6. The number of aromatic nitrogens is 3. The van der Waals surface area contributed by atoms with E-state index in [0.29, 0.717) is 22.2 Å². The minimum atomic E-state index is -0.151. The molecule has 1 aromatic heterocycles. The Hall–Kier alpha value is -2.86. The Balaban J connectivity index is 1.73. The second-order valence-corrected chi connectivity index (χ2v) is 6.04. The van der Waals surface area contributed by atoms with Crippen LogP contribution in [0.4, 0.5) is 5.69 Å². The Morgan fingerprint density at radius 2 is 2.00 bits per heavy atom. The maximum Gasteiger partial charge on any atom is 0.221 e. The summed E-state index contributed by atoms with van der Waals surface area (Å²) in [5.41, 5.74) is 3.19. The van der Waals surface area contributed by atoms with Crippen LogP contribution in [0.1, 0.15) is 18.2 Å².